The summed E-state index contributed by atoms with van der Waals surface area (Å²) < 4.78 is 5.34. The van der Waals surface area contributed by atoms with Crippen molar-refractivity contribution in [2.24, 2.45) is 0 Å². The largest absolute Gasteiger partial charge is 0.431 e. The van der Waals surface area contributed by atoms with E-state index in [1.54, 1.807) is 12.3 Å². The maximum atomic E-state index is 9.02. The summed E-state index contributed by atoms with van der Waals surface area (Å²) in [6.07, 6.45) is 3.08. The molecule has 0 unspecified atom stereocenters. The molecule has 106 valence electrons. The lowest BCUT2D eigenvalue weighted by molar-refractivity contribution is 0.282. The Kier molecular flexibility index (Phi) is 3.81. The van der Waals surface area contributed by atoms with Crippen LogP contribution in [0.4, 0.5) is 11.8 Å². The molecule has 0 bridgehead atoms. The zero-order valence-electron chi connectivity index (χ0n) is 10.8. The lowest BCUT2D eigenvalue weighted by atomic mass is 10.1. The molecule has 3 rings (SSSR count). The molecule has 0 aliphatic carbocycles. The lowest BCUT2D eigenvalue weighted by Crippen LogP contribution is -1.94. The van der Waals surface area contributed by atoms with Gasteiger partial charge in [0.2, 0.25) is 5.28 Å². The summed E-state index contributed by atoms with van der Waals surface area (Å²) in [5, 5.41) is 12.1. The number of benzene rings is 1. The fourth-order valence-electron chi connectivity index (χ4n) is 1.76. The van der Waals surface area contributed by atoms with E-state index in [0.717, 1.165) is 11.1 Å². The van der Waals surface area contributed by atoms with E-state index in [0.29, 0.717) is 17.5 Å². The molecule has 2 heterocycles. The third kappa shape index (κ3) is 3.18. The van der Waals surface area contributed by atoms with Crippen LogP contribution in [0.3, 0.4) is 0 Å². The average molecular weight is 303 g/mol. The SMILES string of the molecule is OCc1ccc(-c2coc(Nc3ccnc(Cl)n3)n2)cc1. The number of hydrogen-bond donors (Lipinski definition) is 2. The summed E-state index contributed by atoms with van der Waals surface area (Å²) in [6, 6.07) is 9.38. The van der Waals surface area contributed by atoms with Crippen LogP contribution < -0.4 is 5.32 Å². The Balaban J connectivity index is 1.79. The zero-order valence-corrected chi connectivity index (χ0v) is 11.6. The molecular weight excluding hydrogens is 292 g/mol. The standard InChI is InChI=1S/C14H11ClN4O2/c15-13-16-6-5-12(18-13)19-14-17-11(8-21-14)10-3-1-9(7-20)2-4-10/h1-6,8,20H,7H2,(H,16,17,18,19). The molecule has 0 atom stereocenters. The van der Waals surface area contributed by atoms with Crippen molar-refractivity contribution >= 4 is 23.4 Å². The number of aromatic nitrogens is 3. The van der Waals surface area contributed by atoms with Gasteiger partial charge < -0.3 is 9.52 Å². The van der Waals surface area contributed by atoms with Gasteiger partial charge in [-0.3, -0.25) is 5.32 Å². The molecular formula is C14H11ClN4O2. The fourth-order valence-corrected chi connectivity index (χ4v) is 1.91. The molecule has 0 saturated carbocycles. The fraction of sp³-hybridized carbons (Fsp3) is 0.0714. The number of aliphatic hydroxyl groups excluding tert-OH is 1. The van der Waals surface area contributed by atoms with Crippen LogP contribution in [0.15, 0.2) is 47.2 Å². The third-order valence-electron chi connectivity index (χ3n) is 2.80. The van der Waals surface area contributed by atoms with Crippen LogP contribution in [-0.4, -0.2) is 20.1 Å². The van der Waals surface area contributed by atoms with Crippen molar-refractivity contribution in [3.05, 3.63) is 53.6 Å². The Morgan fingerprint density at radius 2 is 1.95 bits per heavy atom. The van der Waals surface area contributed by atoms with Gasteiger partial charge >= 0.3 is 6.01 Å². The minimum atomic E-state index is 0.0143. The van der Waals surface area contributed by atoms with Crippen molar-refractivity contribution in [3.63, 3.8) is 0 Å². The molecule has 0 fully saturated rings. The summed E-state index contributed by atoms with van der Waals surface area (Å²) in [4.78, 5) is 12.1. The second kappa shape index (κ2) is 5.90. The van der Waals surface area contributed by atoms with Gasteiger partial charge in [-0.05, 0) is 23.2 Å². The summed E-state index contributed by atoms with van der Waals surface area (Å²) >= 11 is 5.71. The molecule has 0 spiro atoms. The Morgan fingerprint density at radius 1 is 1.14 bits per heavy atom. The Labute approximate surface area is 125 Å². The predicted molar refractivity (Wildman–Crippen MR) is 78.2 cm³/mol. The topological polar surface area (TPSA) is 84.1 Å². The second-order valence-electron chi connectivity index (χ2n) is 4.23. The molecule has 1 aromatic carbocycles. The van der Waals surface area contributed by atoms with Crippen LogP contribution in [-0.2, 0) is 6.61 Å². The Hall–Kier alpha value is -2.44. The van der Waals surface area contributed by atoms with E-state index >= 15 is 0 Å². The van der Waals surface area contributed by atoms with Gasteiger partial charge in [-0.15, -0.1) is 0 Å². The average Bonchev–Trinajstić information content (AvgIpc) is 2.96. The summed E-state index contributed by atoms with van der Waals surface area (Å²) in [7, 11) is 0. The smallest absolute Gasteiger partial charge is 0.300 e. The van der Waals surface area contributed by atoms with Gasteiger partial charge in [0.15, 0.2) is 0 Å². The highest BCUT2D eigenvalue weighted by atomic mass is 35.5. The van der Waals surface area contributed by atoms with Crippen LogP contribution in [0.2, 0.25) is 5.28 Å². The number of aliphatic hydroxyl groups is 1. The highest BCUT2D eigenvalue weighted by Gasteiger charge is 2.07. The van der Waals surface area contributed by atoms with Crippen LogP contribution in [0.25, 0.3) is 11.3 Å². The first kappa shape index (κ1) is 13.5. The highest BCUT2D eigenvalue weighted by Crippen LogP contribution is 2.23. The number of nitrogens with zero attached hydrogens (tertiary/aromatic N) is 3. The Bertz CT molecular complexity index is 743. The highest BCUT2D eigenvalue weighted by molar-refractivity contribution is 6.28. The first-order chi connectivity index (χ1) is 10.2. The summed E-state index contributed by atoms with van der Waals surface area (Å²) in [6.45, 7) is 0.0143. The first-order valence-electron chi connectivity index (χ1n) is 6.16. The molecule has 2 N–H and O–H groups in total. The minimum absolute atomic E-state index is 0.0143. The first-order valence-corrected chi connectivity index (χ1v) is 6.53. The van der Waals surface area contributed by atoms with Crippen molar-refractivity contribution in [1.29, 1.82) is 0 Å². The number of nitrogens with one attached hydrogen (secondary N) is 1. The monoisotopic (exact) mass is 302 g/mol. The van der Waals surface area contributed by atoms with Gasteiger partial charge in [0.1, 0.15) is 17.8 Å². The third-order valence-corrected chi connectivity index (χ3v) is 2.98. The Morgan fingerprint density at radius 3 is 2.67 bits per heavy atom. The number of oxazole rings is 1. The molecule has 21 heavy (non-hydrogen) atoms. The quantitative estimate of drug-likeness (QED) is 0.721. The molecule has 0 radical (unpaired) electrons. The number of anilines is 2. The maximum absolute atomic E-state index is 9.02. The predicted octanol–water partition coefficient (Wildman–Crippen LogP) is 3.02. The molecule has 0 aliphatic heterocycles. The molecule has 7 heteroatoms. The normalized spacial score (nSPS) is 10.6. The van der Waals surface area contributed by atoms with E-state index in [1.165, 1.54) is 6.20 Å². The maximum Gasteiger partial charge on any atom is 0.300 e. The summed E-state index contributed by atoms with van der Waals surface area (Å²) in [5.74, 6) is 0.499. The van der Waals surface area contributed by atoms with Crippen LogP contribution in [0.1, 0.15) is 5.56 Å². The van der Waals surface area contributed by atoms with Crippen LogP contribution in [0.5, 0.6) is 0 Å². The molecule has 0 aliphatic rings. The van der Waals surface area contributed by atoms with E-state index in [2.05, 4.69) is 20.3 Å². The minimum Gasteiger partial charge on any atom is -0.431 e. The van der Waals surface area contributed by atoms with Crippen LogP contribution in [0, 0.1) is 0 Å². The van der Waals surface area contributed by atoms with E-state index in [9.17, 15) is 0 Å². The van der Waals surface area contributed by atoms with Crippen molar-refractivity contribution < 1.29 is 9.52 Å². The summed E-state index contributed by atoms with van der Waals surface area (Å²) in [5.41, 5.74) is 2.42. The molecule has 2 aromatic heterocycles. The number of rotatable bonds is 4. The van der Waals surface area contributed by atoms with E-state index < -0.39 is 0 Å². The van der Waals surface area contributed by atoms with Gasteiger partial charge in [-0.1, -0.05) is 24.3 Å². The lowest BCUT2D eigenvalue weighted by Gasteiger charge is -2.00. The van der Waals surface area contributed by atoms with Gasteiger partial charge in [0, 0.05) is 11.8 Å². The molecule has 6 nitrogen and oxygen atoms in total. The number of hydrogen-bond acceptors (Lipinski definition) is 6. The van der Waals surface area contributed by atoms with Gasteiger partial charge in [-0.2, -0.15) is 4.98 Å². The molecule has 0 saturated heterocycles. The van der Waals surface area contributed by atoms with Gasteiger partial charge in [0.05, 0.1) is 6.61 Å². The van der Waals surface area contributed by atoms with E-state index in [1.807, 2.05) is 24.3 Å². The molecule has 3 aromatic rings. The van der Waals surface area contributed by atoms with Crippen molar-refractivity contribution in [3.8, 4) is 11.3 Å². The molecule has 0 amide bonds. The van der Waals surface area contributed by atoms with Crippen LogP contribution >= 0.6 is 11.6 Å². The van der Waals surface area contributed by atoms with Crippen molar-refractivity contribution in [2.45, 2.75) is 6.61 Å². The van der Waals surface area contributed by atoms with Crippen molar-refractivity contribution in [1.82, 2.24) is 15.0 Å². The zero-order chi connectivity index (χ0) is 14.7. The van der Waals surface area contributed by atoms with Gasteiger partial charge in [0.25, 0.3) is 0 Å². The van der Waals surface area contributed by atoms with Gasteiger partial charge in [-0.25, -0.2) is 9.97 Å². The second-order valence-corrected chi connectivity index (χ2v) is 4.57. The number of halogens is 1. The van der Waals surface area contributed by atoms with Crippen molar-refractivity contribution in [2.75, 3.05) is 5.32 Å². The van der Waals surface area contributed by atoms with E-state index in [4.69, 9.17) is 21.1 Å². The van der Waals surface area contributed by atoms with E-state index in [-0.39, 0.29) is 11.9 Å².